The molecular formula is C8H4BrFN2. The lowest BCUT2D eigenvalue weighted by atomic mass is 10.3. The van der Waals surface area contributed by atoms with E-state index in [2.05, 4.69) is 25.9 Å². The molecule has 1 aromatic heterocycles. The van der Waals surface area contributed by atoms with Crippen LogP contribution in [0.5, 0.6) is 0 Å². The molecule has 60 valence electrons. The van der Waals surface area contributed by atoms with Crippen LogP contribution < -0.4 is 0 Å². The molecule has 0 radical (unpaired) electrons. The average Bonchev–Trinajstić information content (AvgIpc) is 2.04. The minimum atomic E-state index is -0.310. The van der Waals surface area contributed by atoms with Crippen LogP contribution in [0.1, 0.15) is 0 Å². The SMILES string of the molecule is Fc1cc(Br)c2nccnc2c1. The van der Waals surface area contributed by atoms with Gasteiger partial charge in [-0.1, -0.05) is 0 Å². The van der Waals surface area contributed by atoms with Gasteiger partial charge in [0, 0.05) is 22.9 Å². The maximum atomic E-state index is 12.8. The minimum Gasteiger partial charge on any atom is -0.253 e. The van der Waals surface area contributed by atoms with Crippen molar-refractivity contribution in [1.82, 2.24) is 9.97 Å². The zero-order chi connectivity index (χ0) is 8.55. The van der Waals surface area contributed by atoms with Crippen molar-refractivity contribution in [2.45, 2.75) is 0 Å². The number of benzene rings is 1. The fraction of sp³-hybridized carbons (Fsp3) is 0. The molecule has 0 atom stereocenters. The van der Waals surface area contributed by atoms with Crippen LogP contribution in [0.3, 0.4) is 0 Å². The summed E-state index contributed by atoms with van der Waals surface area (Å²) in [5.41, 5.74) is 1.24. The van der Waals surface area contributed by atoms with Crippen LogP contribution >= 0.6 is 15.9 Å². The molecule has 2 aromatic rings. The second-order valence-corrected chi connectivity index (χ2v) is 3.17. The normalized spacial score (nSPS) is 10.5. The zero-order valence-electron chi connectivity index (χ0n) is 5.96. The van der Waals surface area contributed by atoms with E-state index in [1.165, 1.54) is 18.3 Å². The maximum Gasteiger partial charge on any atom is 0.126 e. The van der Waals surface area contributed by atoms with E-state index in [4.69, 9.17) is 0 Å². The molecule has 2 nitrogen and oxygen atoms in total. The highest BCUT2D eigenvalue weighted by Gasteiger charge is 2.02. The molecule has 0 saturated carbocycles. The third-order valence-corrected chi connectivity index (χ3v) is 2.10. The van der Waals surface area contributed by atoms with Gasteiger partial charge >= 0.3 is 0 Å². The van der Waals surface area contributed by atoms with Crippen molar-refractivity contribution in [3.05, 3.63) is 34.8 Å². The highest BCUT2D eigenvalue weighted by atomic mass is 79.9. The number of fused-ring (bicyclic) bond motifs is 1. The van der Waals surface area contributed by atoms with Crippen LogP contribution in [0.2, 0.25) is 0 Å². The number of aromatic nitrogens is 2. The molecule has 1 aromatic carbocycles. The minimum absolute atomic E-state index is 0.310. The Morgan fingerprint density at radius 1 is 1.17 bits per heavy atom. The fourth-order valence-electron chi connectivity index (χ4n) is 1.00. The Kier molecular flexibility index (Phi) is 1.77. The highest BCUT2D eigenvalue weighted by molar-refractivity contribution is 9.10. The molecule has 0 saturated heterocycles. The van der Waals surface area contributed by atoms with Crippen LogP contribution in [-0.4, -0.2) is 9.97 Å². The summed E-state index contributed by atoms with van der Waals surface area (Å²) in [4.78, 5) is 8.02. The fourth-order valence-corrected chi connectivity index (χ4v) is 1.52. The van der Waals surface area contributed by atoms with Gasteiger partial charge in [-0.2, -0.15) is 0 Å². The first kappa shape index (κ1) is 7.61. The third-order valence-electron chi connectivity index (χ3n) is 1.49. The van der Waals surface area contributed by atoms with Gasteiger partial charge in [0.1, 0.15) is 11.3 Å². The zero-order valence-corrected chi connectivity index (χ0v) is 7.55. The Balaban J connectivity index is 2.89. The van der Waals surface area contributed by atoms with Crippen LogP contribution in [-0.2, 0) is 0 Å². The number of rotatable bonds is 0. The summed E-state index contributed by atoms with van der Waals surface area (Å²) in [6.07, 6.45) is 3.11. The molecule has 0 N–H and O–H groups in total. The van der Waals surface area contributed by atoms with Gasteiger partial charge in [0.05, 0.1) is 5.52 Å². The number of hydrogen-bond donors (Lipinski definition) is 0. The summed E-state index contributed by atoms with van der Waals surface area (Å²) in [6, 6.07) is 2.73. The molecule has 4 heteroatoms. The summed E-state index contributed by atoms with van der Waals surface area (Å²) in [6.45, 7) is 0. The molecule has 0 aliphatic heterocycles. The Morgan fingerprint density at radius 3 is 2.75 bits per heavy atom. The van der Waals surface area contributed by atoms with Gasteiger partial charge in [0.25, 0.3) is 0 Å². The molecular weight excluding hydrogens is 223 g/mol. The standard InChI is InChI=1S/C8H4BrFN2/c9-6-3-5(10)4-7-8(6)12-2-1-11-7/h1-4H. The Labute approximate surface area is 76.6 Å². The lowest BCUT2D eigenvalue weighted by Crippen LogP contribution is -1.85. The summed E-state index contributed by atoms with van der Waals surface area (Å²) in [7, 11) is 0. The van der Waals surface area contributed by atoms with Crippen LogP contribution in [0, 0.1) is 5.82 Å². The Morgan fingerprint density at radius 2 is 1.92 bits per heavy atom. The van der Waals surface area contributed by atoms with E-state index in [9.17, 15) is 4.39 Å². The molecule has 0 amide bonds. The first-order valence-electron chi connectivity index (χ1n) is 3.33. The monoisotopic (exact) mass is 226 g/mol. The van der Waals surface area contributed by atoms with E-state index in [0.717, 1.165) is 0 Å². The molecule has 0 unspecified atom stereocenters. The first-order valence-corrected chi connectivity index (χ1v) is 4.12. The molecule has 0 bridgehead atoms. The van der Waals surface area contributed by atoms with Crippen molar-refractivity contribution >= 4 is 27.0 Å². The molecule has 0 aliphatic rings. The van der Waals surface area contributed by atoms with Gasteiger partial charge in [-0.15, -0.1) is 0 Å². The Hall–Kier alpha value is -1.03. The van der Waals surface area contributed by atoms with Crippen molar-refractivity contribution < 1.29 is 4.39 Å². The van der Waals surface area contributed by atoms with Gasteiger partial charge in [-0.05, 0) is 22.0 Å². The first-order chi connectivity index (χ1) is 5.77. The molecule has 0 aliphatic carbocycles. The summed E-state index contributed by atoms with van der Waals surface area (Å²) < 4.78 is 13.4. The summed E-state index contributed by atoms with van der Waals surface area (Å²) in [5.74, 6) is -0.310. The van der Waals surface area contributed by atoms with Crippen molar-refractivity contribution in [2.24, 2.45) is 0 Å². The molecule has 1 heterocycles. The molecule has 2 rings (SSSR count). The number of nitrogens with zero attached hydrogens (tertiary/aromatic N) is 2. The molecule has 0 spiro atoms. The largest absolute Gasteiger partial charge is 0.253 e. The highest BCUT2D eigenvalue weighted by Crippen LogP contribution is 2.21. The lowest BCUT2D eigenvalue weighted by Gasteiger charge is -1.97. The van der Waals surface area contributed by atoms with Gasteiger partial charge in [0.2, 0.25) is 0 Å². The van der Waals surface area contributed by atoms with Crippen molar-refractivity contribution in [1.29, 1.82) is 0 Å². The van der Waals surface area contributed by atoms with Gasteiger partial charge < -0.3 is 0 Å². The second kappa shape index (κ2) is 2.79. The van der Waals surface area contributed by atoms with E-state index in [0.29, 0.717) is 15.5 Å². The van der Waals surface area contributed by atoms with Gasteiger partial charge in [-0.3, -0.25) is 9.97 Å². The Bertz CT molecular complexity index is 430. The van der Waals surface area contributed by atoms with Crippen LogP contribution in [0.4, 0.5) is 4.39 Å². The predicted octanol–water partition coefficient (Wildman–Crippen LogP) is 2.53. The van der Waals surface area contributed by atoms with Gasteiger partial charge in [-0.25, -0.2) is 4.39 Å². The average molecular weight is 227 g/mol. The second-order valence-electron chi connectivity index (χ2n) is 2.31. The van der Waals surface area contributed by atoms with E-state index in [1.807, 2.05) is 0 Å². The summed E-state index contributed by atoms with van der Waals surface area (Å²) in [5, 5.41) is 0. The van der Waals surface area contributed by atoms with Crippen molar-refractivity contribution in [3.63, 3.8) is 0 Å². The summed E-state index contributed by atoms with van der Waals surface area (Å²) >= 11 is 3.21. The van der Waals surface area contributed by atoms with E-state index < -0.39 is 0 Å². The number of halogens is 2. The van der Waals surface area contributed by atoms with Crippen LogP contribution in [0.25, 0.3) is 11.0 Å². The molecule has 0 fully saturated rings. The maximum absolute atomic E-state index is 12.8. The van der Waals surface area contributed by atoms with Crippen molar-refractivity contribution in [3.8, 4) is 0 Å². The van der Waals surface area contributed by atoms with Crippen molar-refractivity contribution in [2.75, 3.05) is 0 Å². The smallest absolute Gasteiger partial charge is 0.126 e. The topological polar surface area (TPSA) is 25.8 Å². The van der Waals surface area contributed by atoms with Gasteiger partial charge in [0.15, 0.2) is 0 Å². The van der Waals surface area contributed by atoms with E-state index in [1.54, 1.807) is 6.20 Å². The van der Waals surface area contributed by atoms with E-state index in [-0.39, 0.29) is 5.82 Å². The quantitative estimate of drug-likeness (QED) is 0.691. The third kappa shape index (κ3) is 1.18. The van der Waals surface area contributed by atoms with Crippen LogP contribution in [0.15, 0.2) is 29.0 Å². The molecule has 12 heavy (non-hydrogen) atoms. The van der Waals surface area contributed by atoms with E-state index >= 15 is 0 Å². The number of hydrogen-bond acceptors (Lipinski definition) is 2. The lowest BCUT2D eigenvalue weighted by molar-refractivity contribution is 0.628. The predicted molar refractivity (Wildman–Crippen MR) is 47.2 cm³/mol.